The lowest BCUT2D eigenvalue weighted by atomic mass is 10.2. The number of para-hydroxylation sites is 2. The van der Waals surface area contributed by atoms with Gasteiger partial charge in [-0.3, -0.25) is 4.79 Å². The second-order valence-electron chi connectivity index (χ2n) is 5.43. The molecule has 3 rings (SSSR count). The first kappa shape index (κ1) is 18.2. The highest BCUT2D eigenvalue weighted by Gasteiger charge is 2.14. The highest BCUT2D eigenvalue weighted by Crippen LogP contribution is 2.25. The molecule has 0 aliphatic rings. The summed E-state index contributed by atoms with van der Waals surface area (Å²) in [6, 6.07) is 11.6. The van der Waals surface area contributed by atoms with Crippen LogP contribution in [0.1, 0.15) is 10.5 Å². The zero-order valence-electron chi connectivity index (χ0n) is 14.1. The smallest absolute Gasteiger partial charge is 0.274 e. The van der Waals surface area contributed by atoms with E-state index in [1.807, 2.05) is 0 Å². The molecule has 2 aromatic carbocycles. The van der Waals surface area contributed by atoms with Gasteiger partial charge in [0, 0.05) is 0 Å². The summed E-state index contributed by atoms with van der Waals surface area (Å²) in [5, 5.41) is 5.25. The van der Waals surface area contributed by atoms with Crippen molar-refractivity contribution in [2.24, 2.45) is 0 Å². The van der Waals surface area contributed by atoms with Gasteiger partial charge < -0.3 is 15.4 Å². The number of anilines is 3. The van der Waals surface area contributed by atoms with Gasteiger partial charge in [0.2, 0.25) is 0 Å². The number of amides is 1. The Morgan fingerprint density at radius 1 is 0.963 bits per heavy atom. The van der Waals surface area contributed by atoms with E-state index in [1.165, 1.54) is 25.4 Å². The average molecular weight is 373 g/mol. The fourth-order valence-corrected chi connectivity index (χ4v) is 2.31. The molecule has 3 aromatic rings. The lowest BCUT2D eigenvalue weighted by Crippen LogP contribution is -2.14. The van der Waals surface area contributed by atoms with Crippen molar-refractivity contribution in [3.63, 3.8) is 0 Å². The normalized spacial score (nSPS) is 10.4. The summed E-state index contributed by atoms with van der Waals surface area (Å²) in [6.07, 6.45) is 1.28. The van der Waals surface area contributed by atoms with E-state index in [0.717, 1.165) is 12.1 Å². The number of ether oxygens (including phenoxy) is 1. The van der Waals surface area contributed by atoms with E-state index in [0.29, 0.717) is 17.1 Å². The van der Waals surface area contributed by atoms with Gasteiger partial charge in [-0.2, -0.15) is 0 Å². The van der Waals surface area contributed by atoms with Gasteiger partial charge in [0.15, 0.2) is 17.5 Å². The molecule has 0 atom stereocenters. The Kier molecular flexibility index (Phi) is 5.25. The molecule has 1 heterocycles. The largest absolute Gasteiger partial charge is 0.495 e. The summed E-state index contributed by atoms with van der Waals surface area (Å²) in [5.41, 5.74) is 0.644. The Labute approximate surface area is 152 Å². The maximum Gasteiger partial charge on any atom is 0.274 e. The number of nitrogens with zero attached hydrogens (tertiary/aromatic N) is 1. The van der Waals surface area contributed by atoms with Crippen molar-refractivity contribution in [1.82, 2.24) is 4.98 Å². The first-order valence-electron chi connectivity index (χ1n) is 7.80. The highest BCUT2D eigenvalue weighted by atomic mass is 19.2. The number of hydrogen-bond donors (Lipinski definition) is 2. The number of benzene rings is 2. The summed E-state index contributed by atoms with van der Waals surface area (Å²) in [4.78, 5) is 16.3. The Morgan fingerprint density at radius 2 is 1.74 bits per heavy atom. The average Bonchev–Trinajstić information content (AvgIpc) is 2.69. The van der Waals surface area contributed by atoms with Gasteiger partial charge in [-0.1, -0.05) is 12.1 Å². The molecule has 1 aromatic heterocycles. The van der Waals surface area contributed by atoms with E-state index in [1.54, 1.807) is 24.3 Å². The van der Waals surface area contributed by atoms with Crippen LogP contribution in [0.4, 0.5) is 30.2 Å². The zero-order chi connectivity index (χ0) is 19.4. The summed E-state index contributed by atoms with van der Waals surface area (Å²) >= 11 is 0. The molecule has 0 aliphatic heterocycles. The van der Waals surface area contributed by atoms with Gasteiger partial charge >= 0.3 is 0 Å². The number of carbonyl (C=O) groups is 1. The number of rotatable bonds is 5. The molecule has 0 bridgehead atoms. The number of carbonyl (C=O) groups excluding carboxylic acids is 1. The molecule has 0 fully saturated rings. The van der Waals surface area contributed by atoms with Crippen molar-refractivity contribution < 1.29 is 22.7 Å². The molecule has 2 N–H and O–H groups in total. The molecule has 0 saturated carbocycles. The first-order chi connectivity index (χ1) is 13.0. The van der Waals surface area contributed by atoms with Gasteiger partial charge in [-0.15, -0.1) is 0 Å². The summed E-state index contributed by atoms with van der Waals surface area (Å²) < 4.78 is 45.1. The molecule has 0 unspecified atom stereocenters. The third-order valence-electron chi connectivity index (χ3n) is 3.67. The standard InChI is InChI=1S/C19H14F3N3O2/c1-27-16-5-3-2-4-13(16)25-19(26)15-8-6-11(10-23-15)24-14-9-7-12(20)17(21)18(14)22/h2-10,24H,1H3,(H,25,26). The van der Waals surface area contributed by atoms with Gasteiger partial charge in [0.25, 0.3) is 5.91 Å². The lowest BCUT2D eigenvalue weighted by Gasteiger charge is -2.10. The van der Waals surface area contributed by atoms with Crippen molar-refractivity contribution in [3.05, 3.63) is 77.9 Å². The number of hydrogen-bond acceptors (Lipinski definition) is 4. The molecular formula is C19H14F3N3O2. The molecule has 0 spiro atoms. The topological polar surface area (TPSA) is 63.2 Å². The van der Waals surface area contributed by atoms with Gasteiger partial charge in [-0.05, 0) is 36.4 Å². The zero-order valence-corrected chi connectivity index (χ0v) is 14.1. The first-order valence-corrected chi connectivity index (χ1v) is 7.80. The molecule has 0 aliphatic carbocycles. The monoisotopic (exact) mass is 373 g/mol. The second kappa shape index (κ2) is 7.77. The lowest BCUT2D eigenvalue weighted by molar-refractivity contribution is 0.102. The minimum atomic E-state index is -1.57. The molecule has 27 heavy (non-hydrogen) atoms. The van der Waals surface area contributed by atoms with Crippen LogP contribution in [0, 0.1) is 17.5 Å². The molecule has 8 heteroatoms. The van der Waals surface area contributed by atoms with E-state index < -0.39 is 23.4 Å². The molecule has 138 valence electrons. The van der Waals surface area contributed by atoms with E-state index in [-0.39, 0.29) is 11.4 Å². The van der Waals surface area contributed by atoms with E-state index in [9.17, 15) is 18.0 Å². The number of pyridine rings is 1. The highest BCUT2D eigenvalue weighted by molar-refractivity contribution is 6.03. The number of halogens is 3. The maximum atomic E-state index is 13.7. The Morgan fingerprint density at radius 3 is 2.44 bits per heavy atom. The van der Waals surface area contributed by atoms with Crippen molar-refractivity contribution in [2.45, 2.75) is 0 Å². The molecule has 0 saturated heterocycles. The van der Waals surface area contributed by atoms with E-state index >= 15 is 0 Å². The predicted octanol–water partition coefficient (Wildman–Crippen LogP) is 4.50. The molecule has 1 amide bonds. The molecular weight excluding hydrogens is 359 g/mol. The Bertz CT molecular complexity index is 978. The van der Waals surface area contributed by atoms with Crippen molar-refractivity contribution >= 4 is 23.0 Å². The summed E-state index contributed by atoms with van der Waals surface area (Å²) in [6.45, 7) is 0. The van der Waals surface area contributed by atoms with Crippen LogP contribution < -0.4 is 15.4 Å². The van der Waals surface area contributed by atoms with Crippen LogP contribution in [-0.2, 0) is 0 Å². The van der Waals surface area contributed by atoms with Crippen LogP contribution in [0.15, 0.2) is 54.7 Å². The second-order valence-corrected chi connectivity index (χ2v) is 5.43. The number of nitrogens with one attached hydrogen (secondary N) is 2. The minimum absolute atomic E-state index is 0.109. The third-order valence-corrected chi connectivity index (χ3v) is 3.67. The van der Waals surface area contributed by atoms with Crippen LogP contribution in [0.25, 0.3) is 0 Å². The van der Waals surface area contributed by atoms with Crippen LogP contribution in [0.5, 0.6) is 5.75 Å². The Hall–Kier alpha value is -3.55. The molecule has 5 nitrogen and oxygen atoms in total. The van der Waals surface area contributed by atoms with Gasteiger partial charge in [0.1, 0.15) is 11.4 Å². The quantitative estimate of drug-likeness (QED) is 0.647. The number of aromatic nitrogens is 1. The molecule has 0 radical (unpaired) electrons. The fraction of sp³-hybridized carbons (Fsp3) is 0.0526. The van der Waals surface area contributed by atoms with E-state index in [4.69, 9.17) is 4.74 Å². The summed E-state index contributed by atoms with van der Waals surface area (Å²) in [5.74, 6) is -4.16. The van der Waals surface area contributed by atoms with Gasteiger partial charge in [0.05, 0.1) is 30.4 Å². The van der Waals surface area contributed by atoms with Crippen molar-refractivity contribution in [3.8, 4) is 5.75 Å². The van der Waals surface area contributed by atoms with Crippen LogP contribution in [-0.4, -0.2) is 18.0 Å². The van der Waals surface area contributed by atoms with Crippen LogP contribution in [0.2, 0.25) is 0 Å². The van der Waals surface area contributed by atoms with Crippen molar-refractivity contribution in [2.75, 3.05) is 17.7 Å². The van der Waals surface area contributed by atoms with Gasteiger partial charge in [-0.25, -0.2) is 18.2 Å². The van der Waals surface area contributed by atoms with Crippen LogP contribution in [0.3, 0.4) is 0 Å². The minimum Gasteiger partial charge on any atom is -0.495 e. The third kappa shape index (κ3) is 4.00. The summed E-state index contributed by atoms with van der Waals surface area (Å²) in [7, 11) is 1.49. The van der Waals surface area contributed by atoms with Crippen molar-refractivity contribution in [1.29, 1.82) is 0 Å². The van der Waals surface area contributed by atoms with Crippen LogP contribution >= 0.6 is 0 Å². The van der Waals surface area contributed by atoms with E-state index in [2.05, 4.69) is 15.6 Å². The number of methoxy groups -OCH3 is 1. The predicted molar refractivity (Wildman–Crippen MR) is 94.8 cm³/mol. The fourth-order valence-electron chi connectivity index (χ4n) is 2.31. The SMILES string of the molecule is COc1ccccc1NC(=O)c1ccc(Nc2ccc(F)c(F)c2F)cn1. The Balaban J connectivity index is 1.73. The maximum absolute atomic E-state index is 13.7.